The molecule has 2 aliphatic rings. The number of halogens is 2. The predicted octanol–water partition coefficient (Wildman–Crippen LogP) is 6.74. The average Bonchev–Trinajstić information content (AvgIpc) is 2.54. The zero-order valence-electron chi connectivity index (χ0n) is 20.1. The Bertz CT molecular complexity index is 565. The standard InChI is InChI=1S/2C12H21ClO2/c1-8-7-9(13)5-6-10(8)11(14)15-12(2,3)4;1-8-5-6-9(13)7-10(8)11(14)15-12(2,3)4/h2*8-10H,5-7H2,1-4H3. The molecule has 2 saturated carbocycles. The van der Waals surface area contributed by atoms with E-state index in [0.717, 1.165) is 38.5 Å². The highest BCUT2D eigenvalue weighted by molar-refractivity contribution is 6.21. The largest absolute Gasteiger partial charge is 0.460 e. The van der Waals surface area contributed by atoms with Gasteiger partial charge in [-0.3, -0.25) is 9.59 Å². The van der Waals surface area contributed by atoms with Crippen LogP contribution < -0.4 is 0 Å². The lowest BCUT2D eigenvalue weighted by Crippen LogP contribution is -2.35. The number of esters is 2. The van der Waals surface area contributed by atoms with Gasteiger partial charge in [-0.15, -0.1) is 23.2 Å². The molecule has 30 heavy (non-hydrogen) atoms. The van der Waals surface area contributed by atoms with Crippen LogP contribution in [0.15, 0.2) is 0 Å². The first-order valence-electron chi connectivity index (χ1n) is 11.3. The van der Waals surface area contributed by atoms with Crippen LogP contribution in [0.2, 0.25) is 0 Å². The number of alkyl halides is 2. The van der Waals surface area contributed by atoms with Gasteiger partial charge in [-0.05, 0) is 91.9 Å². The lowest BCUT2D eigenvalue weighted by atomic mass is 9.80. The highest BCUT2D eigenvalue weighted by Crippen LogP contribution is 2.35. The van der Waals surface area contributed by atoms with Crippen LogP contribution in [0, 0.1) is 23.7 Å². The predicted molar refractivity (Wildman–Crippen MR) is 124 cm³/mol. The van der Waals surface area contributed by atoms with Crippen molar-refractivity contribution in [3.63, 3.8) is 0 Å². The van der Waals surface area contributed by atoms with E-state index in [1.165, 1.54) is 0 Å². The summed E-state index contributed by atoms with van der Waals surface area (Å²) in [4.78, 5) is 23.8. The van der Waals surface area contributed by atoms with E-state index >= 15 is 0 Å². The van der Waals surface area contributed by atoms with Gasteiger partial charge < -0.3 is 9.47 Å². The van der Waals surface area contributed by atoms with Crippen molar-refractivity contribution in [3.05, 3.63) is 0 Å². The smallest absolute Gasteiger partial charge is 0.309 e. The summed E-state index contributed by atoms with van der Waals surface area (Å²) in [5, 5.41) is 0.373. The molecule has 0 bridgehead atoms. The van der Waals surface area contributed by atoms with Crippen molar-refractivity contribution < 1.29 is 19.1 Å². The number of hydrogen-bond donors (Lipinski definition) is 0. The minimum absolute atomic E-state index is 0.0134. The number of ether oxygens (including phenoxy) is 2. The third-order valence-corrected chi connectivity index (χ3v) is 6.45. The molecule has 6 atom stereocenters. The maximum absolute atomic E-state index is 11.9. The van der Waals surface area contributed by atoms with Gasteiger partial charge in [0.1, 0.15) is 11.2 Å². The van der Waals surface area contributed by atoms with Crippen LogP contribution in [0.4, 0.5) is 0 Å². The topological polar surface area (TPSA) is 52.6 Å². The van der Waals surface area contributed by atoms with E-state index in [1.54, 1.807) is 0 Å². The van der Waals surface area contributed by atoms with Crippen molar-refractivity contribution in [1.82, 2.24) is 0 Å². The Morgan fingerprint density at radius 1 is 0.667 bits per heavy atom. The maximum atomic E-state index is 11.9. The Morgan fingerprint density at radius 2 is 1.10 bits per heavy atom. The summed E-state index contributed by atoms with van der Waals surface area (Å²) in [6.45, 7) is 15.6. The molecule has 0 heterocycles. The molecule has 176 valence electrons. The van der Waals surface area contributed by atoms with Crippen LogP contribution in [-0.4, -0.2) is 33.9 Å². The van der Waals surface area contributed by atoms with Gasteiger partial charge in [0.05, 0.1) is 11.8 Å². The molecular weight excluding hydrogens is 423 g/mol. The molecule has 0 aliphatic heterocycles. The van der Waals surface area contributed by atoms with E-state index in [9.17, 15) is 9.59 Å². The van der Waals surface area contributed by atoms with Crippen LogP contribution in [0.1, 0.15) is 93.9 Å². The van der Waals surface area contributed by atoms with Gasteiger partial charge >= 0.3 is 11.9 Å². The molecule has 0 aromatic rings. The first-order chi connectivity index (χ1) is 13.6. The van der Waals surface area contributed by atoms with Crippen molar-refractivity contribution in [3.8, 4) is 0 Å². The minimum atomic E-state index is -0.393. The van der Waals surface area contributed by atoms with E-state index in [-0.39, 0.29) is 40.1 Å². The lowest BCUT2D eigenvalue weighted by molar-refractivity contribution is -0.164. The summed E-state index contributed by atoms with van der Waals surface area (Å²) >= 11 is 12.1. The number of hydrogen-bond acceptors (Lipinski definition) is 4. The summed E-state index contributed by atoms with van der Waals surface area (Å²) in [5.74, 6) is 0.629. The molecule has 0 aromatic carbocycles. The van der Waals surface area contributed by atoms with Crippen molar-refractivity contribution in [2.24, 2.45) is 23.7 Å². The van der Waals surface area contributed by atoms with Crippen molar-refractivity contribution >= 4 is 35.1 Å². The third-order valence-electron chi connectivity index (χ3n) is 5.66. The van der Waals surface area contributed by atoms with Crippen LogP contribution in [0.25, 0.3) is 0 Å². The van der Waals surface area contributed by atoms with Gasteiger partial charge in [0, 0.05) is 10.8 Å². The third kappa shape index (κ3) is 10.2. The van der Waals surface area contributed by atoms with Crippen LogP contribution in [0.3, 0.4) is 0 Å². The molecule has 4 nitrogen and oxygen atoms in total. The van der Waals surface area contributed by atoms with Gasteiger partial charge in [-0.1, -0.05) is 13.8 Å². The van der Waals surface area contributed by atoms with Crippen LogP contribution >= 0.6 is 23.2 Å². The van der Waals surface area contributed by atoms with Gasteiger partial charge in [0.25, 0.3) is 0 Å². The van der Waals surface area contributed by atoms with Crippen molar-refractivity contribution in [2.75, 3.05) is 0 Å². The molecule has 0 amide bonds. The van der Waals surface area contributed by atoms with E-state index in [4.69, 9.17) is 32.7 Å². The molecule has 6 heteroatoms. The Morgan fingerprint density at radius 3 is 1.57 bits per heavy atom. The second kappa shape index (κ2) is 11.4. The Kier molecular flexibility index (Phi) is 10.5. The maximum Gasteiger partial charge on any atom is 0.309 e. The van der Waals surface area contributed by atoms with Gasteiger partial charge in [-0.2, -0.15) is 0 Å². The summed E-state index contributed by atoms with van der Waals surface area (Å²) in [5.41, 5.74) is -0.773. The molecule has 6 unspecified atom stereocenters. The quantitative estimate of drug-likeness (QED) is 0.335. The summed E-state index contributed by atoms with van der Waals surface area (Å²) < 4.78 is 10.8. The average molecular weight is 466 g/mol. The van der Waals surface area contributed by atoms with E-state index in [2.05, 4.69) is 13.8 Å². The Hall–Kier alpha value is -0.480. The van der Waals surface area contributed by atoms with E-state index in [0.29, 0.717) is 11.8 Å². The SMILES string of the molecule is CC1CC(Cl)CCC1C(=O)OC(C)(C)C.CC1CCC(Cl)CC1C(=O)OC(C)(C)C. The fourth-order valence-corrected chi connectivity index (χ4v) is 4.76. The Labute approximate surface area is 193 Å². The highest BCUT2D eigenvalue weighted by Gasteiger charge is 2.35. The second-order valence-electron chi connectivity index (χ2n) is 11.1. The van der Waals surface area contributed by atoms with Gasteiger partial charge in [-0.25, -0.2) is 0 Å². The molecule has 0 aromatic heterocycles. The van der Waals surface area contributed by atoms with Crippen molar-refractivity contribution in [1.29, 1.82) is 0 Å². The normalized spacial score (nSPS) is 32.5. The fourth-order valence-electron chi connectivity index (χ4n) is 4.03. The summed E-state index contributed by atoms with van der Waals surface area (Å²) in [6.07, 6.45) is 5.52. The van der Waals surface area contributed by atoms with E-state index in [1.807, 2.05) is 41.5 Å². The summed E-state index contributed by atoms with van der Waals surface area (Å²) in [7, 11) is 0. The van der Waals surface area contributed by atoms with Crippen LogP contribution in [0.5, 0.6) is 0 Å². The highest BCUT2D eigenvalue weighted by atomic mass is 35.5. The molecule has 2 rings (SSSR count). The molecule has 0 spiro atoms. The Balaban J connectivity index is 0.000000300. The zero-order valence-corrected chi connectivity index (χ0v) is 21.6. The molecule has 0 radical (unpaired) electrons. The first-order valence-corrected chi connectivity index (χ1v) is 12.2. The molecule has 0 N–H and O–H groups in total. The molecule has 2 fully saturated rings. The minimum Gasteiger partial charge on any atom is -0.460 e. The first kappa shape index (κ1) is 27.6. The molecular formula is C24H42Cl2O4. The van der Waals surface area contributed by atoms with E-state index < -0.39 is 5.60 Å². The lowest BCUT2D eigenvalue weighted by Gasteiger charge is -2.32. The fraction of sp³-hybridized carbons (Fsp3) is 0.917. The van der Waals surface area contributed by atoms with Crippen molar-refractivity contribution in [2.45, 2.75) is 116 Å². The number of carbonyl (C=O) groups is 2. The van der Waals surface area contributed by atoms with Gasteiger partial charge in [0.2, 0.25) is 0 Å². The second-order valence-corrected chi connectivity index (χ2v) is 12.3. The molecule has 2 aliphatic carbocycles. The van der Waals surface area contributed by atoms with Crippen LogP contribution in [-0.2, 0) is 19.1 Å². The summed E-state index contributed by atoms with van der Waals surface area (Å²) in [6, 6.07) is 0. The van der Waals surface area contributed by atoms with Gasteiger partial charge in [0.15, 0.2) is 0 Å². The molecule has 0 saturated heterocycles. The number of carbonyl (C=O) groups excluding carboxylic acids is 2. The number of rotatable bonds is 2. The monoisotopic (exact) mass is 464 g/mol. The zero-order chi connectivity index (χ0) is 23.3.